The van der Waals surface area contributed by atoms with Gasteiger partial charge >= 0.3 is 0 Å². The quantitative estimate of drug-likeness (QED) is 0.640. The van der Waals surface area contributed by atoms with E-state index in [1.807, 2.05) is 31.2 Å². The van der Waals surface area contributed by atoms with Gasteiger partial charge in [0, 0.05) is 6.42 Å². The fourth-order valence-electron chi connectivity index (χ4n) is 2.54. The molecule has 7 nitrogen and oxygen atoms in total. The predicted octanol–water partition coefficient (Wildman–Crippen LogP) is 3.67. The molecule has 0 bridgehead atoms. The third-order valence-corrected chi connectivity index (χ3v) is 4.58. The molecule has 1 amide bonds. The molecule has 0 fully saturated rings. The molecule has 3 aromatic rings. The molecular weight excluding hydrogens is 366 g/mol. The molecule has 1 N–H and O–H groups in total. The van der Waals surface area contributed by atoms with E-state index >= 15 is 0 Å². The number of nitrogens with zero attached hydrogens (tertiary/aromatic N) is 4. The molecule has 0 aliphatic carbocycles. The van der Waals surface area contributed by atoms with Gasteiger partial charge in [0.1, 0.15) is 5.75 Å². The molecule has 2 heterocycles. The van der Waals surface area contributed by atoms with Gasteiger partial charge in [0.05, 0.1) is 41.5 Å². The molecule has 0 saturated heterocycles. The first-order valence-corrected chi connectivity index (χ1v) is 9.15. The van der Waals surface area contributed by atoms with Crippen molar-refractivity contribution in [2.45, 2.75) is 40.0 Å². The summed E-state index contributed by atoms with van der Waals surface area (Å²) >= 11 is 5.96. The number of halogens is 1. The van der Waals surface area contributed by atoms with Gasteiger partial charge in [-0.3, -0.25) is 9.48 Å². The lowest BCUT2D eigenvalue weighted by atomic mass is 10.2. The van der Waals surface area contributed by atoms with Crippen LogP contribution >= 0.6 is 11.6 Å². The molecule has 0 radical (unpaired) electrons. The lowest BCUT2D eigenvalue weighted by Gasteiger charge is -2.07. The molecule has 8 heteroatoms. The Morgan fingerprint density at radius 1 is 1.22 bits per heavy atom. The SMILES string of the molecule is CCc1ccc(OCn2cc(NC(=O)CCn3ncc(Cl)c3C)cn2)cc1. The highest BCUT2D eigenvalue weighted by molar-refractivity contribution is 6.31. The van der Waals surface area contributed by atoms with Crippen molar-refractivity contribution < 1.29 is 9.53 Å². The first-order chi connectivity index (χ1) is 13.0. The highest BCUT2D eigenvalue weighted by atomic mass is 35.5. The molecule has 0 atom stereocenters. The number of anilines is 1. The van der Waals surface area contributed by atoms with Gasteiger partial charge in [0.2, 0.25) is 5.91 Å². The van der Waals surface area contributed by atoms with E-state index in [9.17, 15) is 4.79 Å². The van der Waals surface area contributed by atoms with Gasteiger partial charge in [-0.05, 0) is 31.0 Å². The van der Waals surface area contributed by atoms with Crippen molar-refractivity contribution >= 4 is 23.2 Å². The molecule has 0 aliphatic rings. The van der Waals surface area contributed by atoms with Crippen LogP contribution in [0, 0.1) is 6.92 Å². The van der Waals surface area contributed by atoms with Gasteiger partial charge in [0.15, 0.2) is 6.73 Å². The molecule has 2 aromatic heterocycles. The maximum Gasteiger partial charge on any atom is 0.226 e. The number of amides is 1. The molecule has 142 valence electrons. The summed E-state index contributed by atoms with van der Waals surface area (Å²) in [5.41, 5.74) is 2.74. The second kappa shape index (κ2) is 8.73. The van der Waals surface area contributed by atoms with Gasteiger partial charge in [-0.15, -0.1) is 0 Å². The van der Waals surface area contributed by atoms with Gasteiger partial charge in [0.25, 0.3) is 0 Å². The van der Waals surface area contributed by atoms with Crippen LogP contribution in [0.3, 0.4) is 0 Å². The van der Waals surface area contributed by atoms with Crippen molar-refractivity contribution in [3.63, 3.8) is 0 Å². The maximum absolute atomic E-state index is 12.1. The normalized spacial score (nSPS) is 10.8. The number of benzene rings is 1. The summed E-state index contributed by atoms with van der Waals surface area (Å²) in [5, 5.41) is 11.7. The molecule has 0 unspecified atom stereocenters. The monoisotopic (exact) mass is 387 g/mol. The number of nitrogens with one attached hydrogen (secondary N) is 1. The summed E-state index contributed by atoms with van der Waals surface area (Å²) in [4.78, 5) is 12.1. The average molecular weight is 388 g/mol. The second-order valence-corrected chi connectivity index (χ2v) is 6.55. The summed E-state index contributed by atoms with van der Waals surface area (Å²) in [6.45, 7) is 4.72. The Morgan fingerprint density at radius 2 is 2.00 bits per heavy atom. The van der Waals surface area contributed by atoms with Gasteiger partial charge in [-0.2, -0.15) is 10.2 Å². The largest absolute Gasteiger partial charge is 0.471 e. The number of aryl methyl sites for hydroxylation is 2. The van der Waals surface area contributed by atoms with Crippen LogP contribution in [0.4, 0.5) is 5.69 Å². The summed E-state index contributed by atoms with van der Waals surface area (Å²) in [5.74, 6) is 0.665. The average Bonchev–Trinajstić information content (AvgIpc) is 3.25. The lowest BCUT2D eigenvalue weighted by Crippen LogP contribution is -2.15. The number of ether oxygens (including phenoxy) is 1. The number of hydrogen-bond acceptors (Lipinski definition) is 4. The van der Waals surface area contributed by atoms with E-state index in [4.69, 9.17) is 16.3 Å². The van der Waals surface area contributed by atoms with Gasteiger partial charge < -0.3 is 10.1 Å². The van der Waals surface area contributed by atoms with Crippen molar-refractivity contribution in [1.82, 2.24) is 19.6 Å². The minimum absolute atomic E-state index is 0.114. The van der Waals surface area contributed by atoms with Crippen molar-refractivity contribution in [3.8, 4) is 5.75 Å². The van der Waals surface area contributed by atoms with Crippen LogP contribution in [0.15, 0.2) is 42.9 Å². The predicted molar refractivity (Wildman–Crippen MR) is 104 cm³/mol. The molecule has 27 heavy (non-hydrogen) atoms. The number of hydrogen-bond donors (Lipinski definition) is 1. The summed E-state index contributed by atoms with van der Waals surface area (Å²) in [7, 11) is 0. The van der Waals surface area contributed by atoms with Crippen LogP contribution in [0.1, 0.15) is 24.6 Å². The Balaban J connectivity index is 1.46. The highest BCUT2D eigenvalue weighted by Gasteiger charge is 2.08. The maximum atomic E-state index is 12.1. The summed E-state index contributed by atoms with van der Waals surface area (Å²) in [6, 6.07) is 7.96. The lowest BCUT2D eigenvalue weighted by molar-refractivity contribution is -0.116. The van der Waals surface area contributed by atoms with E-state index < -0.39 is 0 Å². The van der Waals surface area contributed by atoms with E-state index in [0.717, 1.165) is 17.9 Å². The molecule has 0 aliphatic heterocycles. The number of carbonyl (C=O) groups excluding carboxylic acids is 1. The number of carbonyl (C=O) groups is 1. The van der Waals surface area contributed by atoms with Crippen molar-refractivity contribution in [1.29, 1.82) is 0 Å². The first kappa shape index (κ1) is 19.0. The number of aromatic nitrogens is 4. The zero-order valence-corrected chi connectivity index (χ0v) is 16.1. The van der Waals surface area contributed by atoms with Crippen LogP contribution in [0.25, 0.3) is 0 Å². The minimum Gasteiger partial charge on any atom is -0.471 e. The topological polar surface area (TPSA) is 74.0 Å². The van der Waals surface area contributed by atoms with Crippen molar-refractivity contribution in [2.24, 2.45) is 0 Å². The third-order valence-electron chi connectivity index (χ3n) is 4.21. The molecule has 0 saturated carbocycles. The molecular formula is C19H22ClN5O2. The first-order valence-electron chi connectivity index (χ1n) is 8.77. The fourth-order valence-corrected chi connectivity index (χ4v) is 2.68. The zero-order chi connectivity index (χ0) is 19.2. The minimum atomic E-state index is -0.114. The second-order valence-electron chi connectivity index (χ2n) is 6.14. The molecule has 0 spiro atoms. The van der Waals surface area contributed by atoms with Gasteiger partial charge in [-0.25, -0.2) is 4.68 Å². The standard InChI is InChI=1S/C19H22ClN5O2/c1-3-15-4-6-17(7-5-15)27-13-24-12-16(10-21-24)23-19(26)8-9-25-14(2)18(20)11-22-25/h4-7,10-12H,3,8-9,13H2,1-2H3,(H,23,26). The van der Waals surface area contributed by atoms with E-state index in [0.29, 0.717) is 23.7 Å². The fraction of sp³-hybridized carbons (Fsp3) is 0.316. The Labute approximate surface area is 162 Å². The van der Waals surface area contributed by atoms with Crippen molar-refractivity contribution in [2.75, 3.05) is 5.32 Å². The van der Waals surface area contributed by atoms with Crippen LogP contribution in [-0.4, -0.2) is 25.5 Å². The summed E-state index contributed by atoms with van der Waals surface area (Å²) < 4.78 is 9.03. The zero-order valence-electron chi connectivity index (χ0n) is 15.4. The smallest absolute Gasteiger partial charge is 0.226 e. The van der Waals surface area contributed by atoms with Crippen LogP contribution < -0.4 is 10.1 Å². The Kier molecular flexibility index (Phi) is 6.13. The summed E-state index contributed by atoms with van der Waals surface area (Å²) in [6.07, 6.45) is 6.19. The van der Waals surface area contributed by atoms with E-state index in [-0.39, 0.29) is 12.6 Å². The van der Waals surface area contributed by atoms with Crippen molar-refractivity contribution in [3.05, 3.63) is 59.1 Å². The Hall–Kier alpha value is -2.80. The van der Waals surface area contributed by atoms with E-state index in [2.05, 4.69) is 22.4 Å². The van der Waals surface area contributed by atoms with Gasteiger partial charge in [-0.1, -0.05) is 30.7 Å². The Morgan fingerprint density at radius 3 is 2.67 bits per heavy atom. The van der Waals surface area contributed by atoms with E-state index in [1.54, 1.807) is 28.0 Å². The molecule has 3 rings (SSSR count). The van der Waals surface area contributed by atoms with Crippen LogP contribution in [0.5, 0.6) is 5.75 Å². The Bertz CT molecular complexity index is 901. The van der Waals surface area contributed by atoms with E-state index in [1.165, 1.54) is 5.56 Å². The molecule has 1 aromatic carbocycles. The third kappa shape index (κ3) is 5.10. The van der Waals surface area contributed by atoms with Crippen LogP contribution in [-0.2, 0) is 24.5 Å². The number of rotatable bonds is 8. The van der Waals surface area contributed by atoms with Crippen LogP contribution in [0.2, 0.25) is 5.02 Å². The highest BCUT2D eigenvalue weighted by Crippen LogP contribution is 2.15.